The van der Waals surface area contributed by atoms with E-state index < -0.39 is 11.8 Å². The van der Waals surface area contributed by atoms with Gasteiger partial charge in [0.25, 0.3) is 0 Å². The third kappa shape index (κ3) is 3.65. The van der Waals surface area contributed by atoms with Crippen LogP contribution >= 0.6 is 11.3 Å². The minimum Gasteiger partial charge on any atom is -0.353 e. The maximum absolute atomic E-state index is 12.2. The first-order valence-electron chi connectivity index (χ1n) is 7.32. The molecule has 2 aromatic heterocycles. The van der Waals surface area contributed by atoms with Gasteiger partial charge in [-0.2, -0.15) is 0 Å². The number of hydrogen-bond acceptors (Lipinski definition) is 6. The van der Waals surface area contributed by atoms with Crippen LogP contribution in [0.25, 0.3) is 0 Å². The average Bonchev–Trinajstić information content (AvgIpc) is 3.00. The van der Waals surface area contributed by atoms with Crippen LogP contribution in [0.2, 0.25) is 0 Å². The van der Waals surface area contributed by atoms with Gasteiger partial charge in [0.05, 0.1) is 5.69 Å². The number of thiazole rings is 1. The minimum atomic E-state index is -0.634. The molecule has 7 nitrogen and oxygen atoms in total. The second-order valence-electron chi connectivity index (χ2n) is 5.22. The van der Waals surface area contributed by atoms with E-state index in [2.05, 4.69) is 20.2 Å². The van der Waals surface area contributed by atoms with Crippen LogP contribution in [0.5, 0.6) is 0 Å². The summed E-state index contributed by atoms with van der Waals surface area (Å²) in [7, 11) is 0. The van der Waals surface area contributed by atoms with Crippen molar-refractivity contribution in [2.75, 3.05) is 36.4 Å². The van der Waals surface area contributed by atoms with Crippen LogP contribution in [-0.2, 0) is 9.59 Å². The number of amides is 2. The highest BCUT2D eigenvalue weighted by molar-refractivity contribution is 7.14. The quantitative estimate of drug-likeness (QED) is 0.835. The molecular formula is C15H17N5O2S. The summed E-state index contributed by atoms with van der Waals surface area (Å²) in [4.78, 5) is 36.3. The third-order valence-electron chi connectivity index (χ3n) is 3.57. The molecule has 0 aliphatic carbocycles. The van der Waals surface area contributed by atoms with Crippen LogP contribution in [0.4, 0.5) is 10.9 Å². The molecule has 1 aliphatic heterocycles. The van der Waals surface area contributed by atoms with Crippen LogP contribution < -0.4 is 10.2 Å². The molecule has 2 amide bonds. The van der Waals surface area contributed by atoms with E-state index in [4.69, 9.17) is 0 Å². The van der Waals surface area contributed by atoms with Crippen molar-refractivity contribution in [1.29, 1.82) is 0 Å². The Hall–Kier alpha value is -2.48. The Labute approximate surface area is 138 Å². The summed E-state index contributed by atoms with van der Waals surface area (Å²) in [5.74, 6) is -0.258. The Morgan fingerprint density at radius 3 is 2.61 bits per heavy atom. The highest BCUT2D eigenvalue weighted by Crippen LogP contribution is 2.15. The van der Waals surface area contributed by atoms with Crippen molar-refractivity contribution < 1.29 is 9.59 Å². The van der Waals surface area contributed by atoms with Gasteiger partial charge >= 0.3 is 11.8 Å². The lowest BCUT2D eigenvalue weighted by Crippen LogP contribution is -2.51. The molecular weight excluding hydrogens is 314 g/mol. The SMILES string of the molecule is Cc1csc(NC(=O)C(=O)N2CCN(c3ccccn3)CC2)n1. The predicted octanol–water partition coefficient (Wildman–Crippen LogP) is 1.13. The van der Waals surface area contributed by atoms with E-state index in [1.807, 2.05) is 30.5 Å². The lowest BCUT2D eigenvalue weighted by molar-refractivity contribution is -0.143. The molecule has 23 heavy (non-hydrogen) atoms. The van der Waals surface area contributed by atoms with Crippen molar-refractivity contribution in [3.8, 4) is 0 Å². The predicted molar refractivity (Wildman–Crippen MR) is 88.5 cm³/mol. The van der Waals surface area contributed by atoms with Gasteiger partial charge in [-0.1, -0.05) is 6.07 Å². The van der Waals surface area contributed by atoms with Crippen LogP contribution in [0.3, 0.4) is 0 Å². The van der Waals surface area contributed by atoms with Crippen LogP contribution in [0, 0.1) is 6.92 Å². The van der Waals surface area contributed by atoms with Gasteiger partial charge in [0.15, 0.2) is 5.13 Å². The molecule has 0 spiro atoms. The van der Waals surface area contributed by atoms with Crippen molar-refractivity contribution >= 4 is 34.1 Å². The number of aryl methyl sites for hydroxylation is 1. The van der Waals surface area contributed by atoms with E-state index >= 15 is 0 Å². The smallest absolute Gasteiger partial charge is 0.315 e. The molecule has 0 bridgehead atoms. The first kappa shape index (κ1) is 15.4. The molecule has 1 aliphatic rings. The number of hydrogen-bond donors (Lipinski definition) is 1. The highest BCUT2D eigenvalue weighted by Gasteiger charge is 2.26. The molecule has 1 saturated heterocycles. The molecule has 0 aromatic carbocycles. The average molecular weight is 331 g/mol. The van der Waals surface area contributed by atoms with E-state index in [-0.39, 0.29) is 0 Å². The maximum atomic E-state index is 12.2. The summed E-state index contributed by atoms with van der Waals surface area (Å²) < 4.78 is 0. The van der Waals surface area contributed by atoms with E-state index in [0.29, 0.717) is 31.3 Å². The van der Waals surface area contributed by atoms with Crippen molar-refractivity contribution in [2.45, 2.75) is 6.92 Å². The summed E-state index contributed by atoms with van der Waals surface area (Å²) in [6.45, 7) is 4.16. The Morgan fingerprint density at radius 1 is 1.22 bits per heavy atom. The van der Waals surface area contributed by atoms with Gasteiger partial charge in [0.1, 0.15) is 5.82 Å². The number of piperazine rings is 1. The third-order valence-corrected chi connectivity index (χ3v) is 4.45. The normalized spacial score (nSPS) is 14.7. The number of carbonyl (C=O) groups is 2. The second kappa shape index (κ2) is 6.74. The van der Waals surface area contributed by atoms with Gasteiger partial charge in [-0.25, -0.2) is 9.97 Å². The first-order chi connectivity index (χ1) is 11.1. The molecule has 0 radical (unpaired) electrons. The Balaban J connectivity index is 1.54. The fourth-order valence-corrected chi connectivity index (χ4v) is 3.07. The molecule has 3 heterocycles. The van der Waals surface area contributed by atoms with E-state index in [1.54, 1.807) is 11.1 Å². The topological polar surface area (TPSA) is 78.4 Å². The van der Waals surface area contributed by atoms with Gasteiger partial charge in [0, 0.05) is 37.8 Å². The molecule has 2 aromatic rings. The molecule has 120 valence electrons. The van der Waals surface area contributed by atoms with Crippen molar-refractivity contribution in [2.24, 2.45) is 0 Å². The molecule has 0 saturated carbocycles. The van der Waals surface area contributed by atoms with Gasteiger partial charge in [-0.15, -0.1) is 11.3 Å². The lowest BCUT2D eigenvalue weighted by atomic mass is 10.3. The first-order valence-corrected chi connectivity index (χ1v) is 8.20. The summed E-state index contributed by atoms with van der Waals surface area (Å²) in [5.41, 5.74) is 0.821. The zero-order valence-corrected chi connectivity index (χ0v) is 13.5. The number of nitrogens with zero attached hydrogens (tertiary/aromatic N) is 4. The summed E-state index contributed by atoms with van der Waals surface area (Å²) in [5, 5.41) is 4.83. The molecule has 0 unspecified atom stereocenters. The zero-order valence-electron chi connectivity index (χ0n) is 12.7. The van der Waals surface area contributed by atoms with Crippen molar-refractivity contribution in [3.05, 3.63) is 35.5 Å². The number of anilines is 2. The summed E-state index contributed by atoms with van der Waals surface area (Å²) >= 11 is 1.31. The second-order valence-corrected chi connectivity index (χ2v) is 6.07. The van der Waals surface area contributed by atoms with E-state index in [0.717, 1.165) is 11.5 Å². The van der Waals surface area contributed by atoms with E-state index in [9.17, 15) is 9.59 Å². The number of pyridine rings is 1. The van der Waals surface area contributed by atoms with Crippen LogP contribution in [0.1, 0.15) is 5.69 Å². The van der Waals surface area contributed by atoms with Gasteiger partial charge < -0.3 is 9.80 Å². The number of carbonyl (C=O) groups excluding carboxylic acids is 2. The lowest BCUT2D eigenvalue weighted by Gasteiger charge is -2.34. The Morgan fingerprint density at radius 2 is 2.00 bits per heavy atom. The Kier molecular flexibility index (Phi) is 4.52. The largest absolute Gasteiger partial charge is 0.353 e. The molecule has 1 N–H and O–H groups in total. The highest BCUT2D eigenvalue weighted by atomic mass is 32.1. The summed E-state index contributed by atoms with van der Waals surface area (Å²) in [6, 6.07) is 5.74. The fourth-order valence-electron chi connectivity index (χ4n) is 2.39. The van der Waals surface area contributed by atoms with Gasteiger partial charge in [-0.3, -0.25) is 14.9 Å². The monoisotopic (exact) mass is 331 g/mol. The minimum absolute atomic E-state index is 0.452. The molecule has 3 rings (SSSR count). The molecule has 0 atom stereocenters. The zero-order chi connectivity index (χ0) is 16.2. The van der Waals surface area contributed by atoms with Gasteiger partial charge in [-0.05, 0) is 19.1 Å². The number of nitrogens with one attached hydrogen (secondary N) is 1. The Bertz CT molecular complexity index is 695. The van der Waals surface area contributed by atoms with Crippen molar-refractivity contribution in [3.63, 3.8) is 0 Å². The number of rotatable bonds is 2. The fraction of sp³-hybridized carbons (Fsp3) is 0.333. The molecule has 1 fully saturated rings. The van der Waals surface area contributed by atoms with Crippen LogP contribution in [-0.4, -0.2) is 52.9 Å². The van der Waals surface area contributed by atoms with Crippen molar-refractivity contribution in [1.82, 2.24) is 14.9 Å². The standard InChI is InChI=1S/C15H17N5O2S/c1-11-10-23-15(17-11)18-13(21)14(22)20-8-6-19(7-9-20)12-4-2-3-5-16-12/h2-5,10H,6-9H2,1H3,(H,17,18,21). The maximum Gasteiger partial charge on any atom is 0.315 e. The van der Waals surface area contributed by atoms with Gasteiger partial charge in [0.2, 0.25) is 0 Å². The van der Waals surface area contributed by atoms with E-state index in [1.165, 1.54) is 11.3 Å². The molecule has 8 heteroatoms. The van der Waals surface area contributed by atoms with Crippen LogP contribution in [0.15, 0.2) is 29.8 Å². The number of aromatic nitrogens is 2. The summed E-state index contributed by atoms with van der Waals surface area (Å²) in [6.07, 6.45) is 1.75.